The van der Waals surface area contributed by atoms with Gasteiger partial charge in [-0.25, -0.2) is 0 Å². The van der Waals surface area contributed by atoms with E-state index in [1.165, 1.54) is 5.56 Å². The highest BCUT2D eigenvalue weighted by Gasteiger charge is 2.32. The molecule has 2 heterocycles. The zero-order valence-electron chi connectivity index (χ0n) is 15.0. The summed E-state index contributed by atoms with van der Waals surface area (Å²) >= 11 is 0. The summed E-state index contributed by atoms with van der Waals surface area (Å²) < 4.78 is 5.82. The number of rotatable bonds is 5. The molecule has 0 bridgehead atoms. The number of amides is 1. The third-order valence-corrected chi connectivity index (χ3v) is 5.13. The minimum atomic E-state index is 0.289. The lowest BCUT2D eigenvalue weighted by molar-refractivity contribution is -0.133. The summed E-state index contributed by atoms with van der Waals surface area (Å²) in [4.78, 5) is 17.3. The van der Waals surface area contributed by atoms with Gasteiger partial charge < -0.3 is 9.64 Å². The lowest BCUT2D eigenvalue weighted by atomic mass is 10.1. The number of carbonyl (C=O) groups is 1. The van der Waals surface area contributed by atoms with Crippen molar-refractivity contribution in [2.75, 3.05) is 26.2 Å². The lowest BCUT2D eigenvalue weighted by Gasteiger charge is -2.38. The summed E-state index contributed by atoms with van der Waals surface area (Å²) in [5.41, 5.74) is 1.25. The van der Waals surface area contributed by atoms with E-state index in [2.05, 4.69) is 35.8 Å². The quantitative estimate of drug-likeness (QED) is 0.832. The summed E-state index contributed by atoms with van der Waals surface area (Å²) in [6.07, 6.45) is 4.31. The molecule has 0 N–H and O–H groups in total. The van der Waals surface area contributed by atoms with E-state index in [1.54, 1.807) is 0 Å². The molecule has 2 aliphatic heterocycles. The Morgan fingerprint density at radius 2 is 1.88 bits per heavy atom. The first-order chi connectivity index (χ1) is 11.6. The molecule has 2 saturated heterocycles. The molecule has 0 unspecified atom stereocenters. The fraction of sp³-hybridized carbons (Fsp3) is 0.650. The van der Waals surface area contributed by atoms with Crippen LogP contribution in [-0.4, -0.2) is 60.1 Å². The van der Waals surface area contributed by atoms with Gasteiger partial charge in [0.25, 0.3) is 0 Å². The molecule has 4 heteroatoms. The van der Waals surface area contributed by atoms with Crippen molar-refractivity contribution < 1.29 is 9.53 Å². The second kappa shape index (κ2) is 8.13. The normalized spacial score (nSPS) is 28.2. The van der Waals surface area contributed by atoms with E-state index in [-0.39, 0.29) is 12.2 Å². The molecule has 1 aromatic rings. The summed E-state index contributed by atoms with van der Waals surface area (Å²) in [7, 11) is 0. The first-order valence-corrected chi connectivity index (χ1v) is 9.33. The first-order valence-electron chi connectivity index (χ1n) is 9.33. The van der Waals surface area contributed by atoms with Crippen molar-refractivity contribution in [1.29, 1.82) is 0 Å². The Kier molecular flexibility index (Phi) is 5.90. The first kappa shape index (κ1) is 17.4. The number of nitrogens with zero attached hydrogens (tertiary/aromatic N) is 2. The van der Waals surface area contributed by atoms with Crippen molar-refractivity contribution in [1.82, 2.24) is 9.80 Å². The summed E-state index contributed by atoms with van der Waals surface area (Å²) in [5, 5.41) is 0. The molecule has 0 aliphatic carbocycles. The van der Waals surface area contributed by atoms with Gasteiger partial charge in [-0.2, -0.15) is 0 Å². The molecule has 0 aromatic heterocycles. The smallest absolute Gasteiger partial charge is 0.223 e. The van der Waals surface area contributed by atoms with Gasteiger partial charge in [-0.05, 0) is 38.7 Å². The van der Waals surface area contributed by atoms with E-state index in [0.717, 1.165) is 45.4 Å². The fourth-order valence-electron chi connectivity index (χ4n) is 4.12. The SMILES string of the molecule is C[C@@H]1CN(C[C@@H]2CCCN2C(=O)CCc2ccccc2)C[C@@H](C)O1. The van der Waals surface area contributed by atoms with E-state index in [9.17, 15) is 4.79 Å². The van der Waals surface area contributed by atoms with Crippen molar-refractivity contribution in [3.63, 3.8) is 0 Å². The standard InChI is InChI=1S/C20H30N2O2/c1-16-13-21(14-17(2)24-16)15-19-9-6-12-22(19)20(23)11-10-18-7-4-3-5-8-18/h3-5,7-8,16-17,19H,6,9-15H2,1-2H3/t16-,17-,19+/m1/s1. The number of hydrogen-bond acceptors (Lipinski definition) is 3. The molecule has 3 atom stereocenters. The van der Waals surface area contributed by atoms with Gasteiger partial charge >= 0.3 is 0 Å². The van der Waals surface area contributed by atoms with Crippen LogP contribution in [0.25, 0.3) is 0 Å². The summed E-state index contributed by atoms with van der Waals surface area (Å²) in [6.45, 7) is 8.16. The number of carbonyl (C=O) groups excluding carboxylic acids is 1. The molecule has 0 saturated carbocycles. The Balaban J connectivity index is 1.52. The molecule has 0 radical (unpaired) electrons. The number of ether oxygens (including phenoxy) is 1. The number of hydrogen-bond donors (Lipinski definition) is 0. The Labute approximate surface area is 145 Å². The van der Waals surface area contributed by atoms with Crippen molar-refractivity contribution in [3.8, 4) is 0 Å². The molecule has 1 aromatic carbocycles. The fourth-order valence-corrected chi connectivity index (χ4v) is 4.12. The Hall–Kier alpha value is -1.39. The molecule has 1 amide bonds. The van der Waals surface area contributed by atoms with Gasteiger partial charge in [0.2, 0.25) is 5.91 Å². The van der Waals surface area contributed by atoms with Gasteiger partial charge in [0, 0.05) is 38.6 Å². The van der Waals surface area contributed by atoms with Gasteiger partial charge in [-0.1, -0.05) is 30.3 Å². The molecule has 2 fully saturated rings. The highest BCUT2D eigenvalue weighted by Crippen LogP contribution is 2.22. The highest BCUT2D eigenvalue weighted by atomic mass is 16.5. The van der Waals surface area contributed by atoms with Gasteiger partial charge in [-0.3, -0.25) is 9.69 Å². The van der Waals surface area contributed by atoms with E-state index >= 15 is 0 Å². The number of morpholine rings is 1. The molecule has 4 nitrogen and oxygen atoms in total. The topological polar surface area (TPSA) is 32.8 Å². The van der Waals surface area contributed by atoms with Crippen molar-refractivity contribution >= 4 is 5.91 Å². The molecular weight excluding hydrogens is 300 g/mol. The molecule has 3 rings (SSSR count). The molecule has 0 spiro atoms. The van der Waals surface area contributed by atoms with Gasteiger partial charge in [0.1, 0.15) is 0 Å². The zero-order valence-corrected chi connectivity index (χ0v) is 15.0. The highest BCUT2D eigenvalue weighted by molar-refractivity contribution is 5.77. The largest absolute Gasteiger partial charge is 0.373 e. The summed E-state index contributed by atoms with van der Waals surface area (Å²) in [5.74, 6) is 0.315. The van der Waals surface area contributed by atoms with Crippen LogP contribution in [0.5, 0.6) is 0 Å². The monoisotopic (exact) mass is 330 g/mol. The van der Waals surface area contributed by atoms with Gasteiger partial charge in [0.05, 0.1) is 12.2 Å². The van der Waals surface area contributed by atoms with Crippen LogP contribution >= 0.6 is 0 Å². The van der Waals surface area contributed by atoms with E-state index in [0.29, 0.717) is 18.4 Å². The van der Waals surface area contributed by atoms with Crippen LogP contribution in [0.1, 0.15) is 38.7 Å². The minimum absolute atomic E-state index is 0.289. The predicted octanol–water partition coefficient (Wildman–Crippen LogP) is 2.72. The maximum Gasteiger partial charge on any atom is 0.223 e. The Bertz CT molecular complexity index is 524. The van der Waals surface area contributed by atoms with E-state index in [4.69, 9.17) is 4.74 Å². The van der Waals surface area contributed by atoms with Crippen molar-refractivity contribution in [3.05, 3.63) is 35.9 Å². The third kappa shape index (κ3) is 4.58. The average molecular weight is 330 g/mol. The van der Waals surface area contributed by atoms with Crippen LogP contribution in [0.4, 0.5) is 0 Å². The lowest BCUT2D eigenvalue weighted by Crippen LogP contribution is -2.50. The Morgan fingerprint density at radius 3 is 2.58 bits per heavy atom. The molecule has 24 heavy (non-hydrogen) atoms. The second-order valence-corrected chi connectivity index (χ2v) is 7.34. The Morgan fingerprint density at radius 1 is 1.17 bits per heavy atom. The van der Waals surface area contributed by atoms with Crippen LogP contribution in [-0.2, 0) is 16.0 Å². The van der Waals surface area contributed by atoms with Crippen molar-refractivity contribution in [2.45, 2.75) is 57.8 Å². The average Bonchev–Trinajstić information content (AvgIpc) is 3.01. The second-order valence-electron chi connectivity index (χ2n) is 7.34. The zero-order chi connectivity index (χ0) is 16.9. The minimum Gasteiger partial charge on any atom is -0.373 e. The summed E-state index contributed by atoms with van der Waals surface area (Å²) in [6, 6.07) is 10.7. The molecule has 132 valence electrons. The number of likely N-dealkylation sites (tertiary alicyclic amines) is 1. The van der Waals surface area contributed by atoms with Gasteiger partial charge in [0.15, 0.2) is 0 Å². The van der Waals surface area contributed by atoms with E-state index in [1.807, 2.05) is 18.2 Å². The van der Waals surface area contributed by atoms with Gasteiger partial charge in [-0.15, -0.1) is 0 Å². The van der Waals surface area contributed by atoms with E-state index < -0.39 is 0 Å². The van der Waals surface area contributed by atoms with Crippen LogP contribution in [0, 0.1) is 0 Å². The van der Waals surface area contributed by atoms with Crippen LogP contribution < -0.4 is 0 Å². The molecule has 2 aliphatic rings. The predicted molar refractivity (Wildman–Crippen MR) is 95.9 cm³/mol. The van der Waals surface area contributed by atoms with Crippen LogP contribution in [0.3, 0.4) is 0 Å². The number of aryl methyl sites for hydroxylation is 1. The third-order valence-electron chi connectivity index (χ3n) is 5.13. The molecular formula is C20H30N2O2. The van der Waals surface area contributed by atoms with Crippen LogP contribution in [0.2, 0.25) is 0 Å². The van der Waals surface area contributed by atoms with Crippen molar-refractivity contribution in [2.24, 2.45) is 0 Å². The number of benzene rings is 1. The van der Waals surface area contributed by atoms with Crippen LogP contribution in [0.15, 0.2) is 30.3 Å². The maximum absolute atomic E-state index is 12.7. The maximum atomic E-state index is 12.7.